The second-order valence-corrected chi connectivity index (χ2v) is 25.3. The lowest BCUT2D eigenvalue weighted by Crippen LogP contribution is -2.42. The van der Waals surface area contributed by atoms with Crippen molar-refractivity contribution in [2.75, 3.05) is 39.6 Å². The minimum atomic E-state index is -1.65. The zero-order valence-corrected chi connectivity index (χ0v) is 24.3. The maximum absolute atomic E-state index is 9.87. The van der Waals surface area contributed by atoms with Gasteiger partial charge in [-0.3, -0.25) is 0 Å². The summed E-state index contributed by atoms with van der Waals surface area (Å²) in [5.41, 5.74) is -0.712. The molecule has 0 aromatic carbocycles. The second-order valence-electron chi connectivity index (χ2n) is 10.7. The highest BCUT2D eigenvalue weighted by molar-refractivity contribution is 6.84. The Hall–Kier alpha value is 0.451. The van der Waals surface area contributed by atoms with E-state index in [0.29, 0.717) is 26.4 Å². The van der Waals surface area contributed by atoms with Gasteiger partial charge in [0.15, 0.2) is 16.6 Å². The highest BCUT2D eigenvalue weighted by Gasteiger charge is 2.31. The zero-order valence-electron chi connectivity index (χ0n) is 21.3. The molecule has 30 heavy (non-hydrogen) atoms. The summed E-state index contributed by atoms with van der Waals surface area (Å²) in [7, 11) is -4.25. The van der Waals surface area contributed by atoms with Crippen LogP contribution in [0.4, 0.5) is 0 Å². The Kier molecular flexibility index (Phi) is 14.8. The molecule has 0 amide bonds. The van der Waals surface area contributed by atoms with Gasteiger partial charge in [0.25, 0.3) is 0 Å². The van der Waals surface area contributed by atoms with Crippen molar-refractivity contribution in [1.82, 2.24) is 0 Å². The van der Waals surface area contributed by atoms with Crippen LogP contribution in [0, 0.1) is 5.41 Å². The van der Waals surface area contributed by atoms with E-state index in [4.69, 9.17) is 13.6 Å². The Bertz CT molecular complexity index is 425. The Labute approximate surface area is 190 Å². The summed E-state index contributed by atoms with van der Waals surface area (Å²) in [4.78, 5) is 0. The molecule has 0 atom stereocenters. The van der Waals surface area contributed by atoms with Gasteiger partial charge in [-0.15, -0.1) is 0 Å². The molecule has 0 aliphatic carbocycles. The lowest BCUT2D eigenvalue weighted by Gasteiger charge is -2.32. The van der Waals surface area contributed by atoms with Crippen molar-refractivity contribution in [3.63, 3.8) is 0 Å². The Morgan fingerprint density at radius 2 is 1.13 bits per heavy atom. The minimum absolute atomic E-state index is 0.125. The Balaban J connectivity index is 4.29. The molecule has 0 aromatic heterocycles. The first kappa shape index (κ1) is 30.5. The summed E-state index contributed by atoms with van der Waals surface area (Å²) in [5.74, 6) is 0. The molecular weight excluding hydrogens is 428 g/mol. The first-order valence-corrected chi connectivity index (χ1v) is 21.4. The van der Waals surface area contributed by atoms with Crippen LogP contribution in [0.15, 0.2) is 0 Å². The third-order valence-corrected chi connectivity index (χ3v) is 18.5. The third-order valence-electron chi connectivity index (χ3n) is 6.38. The van der Waals surface area contributed by atoms with Crippen molar-refractivity contribution in [3.05, 3.63) is 0 Å². The van der Waals surface area contributed by atoms with Crippen molar-refractivity contribution >= 4 is 24.7 Å². The van der Waals surface area contributed by atoms with Crippen molar-refractivity contribution in [3.8, 4) is 0 Å². The van der Waals surface area contributed by atoms with E-state index in [1.165, 1.54) is 24.2 Å². The molecular formula is C22H52O5Si3. The average molecular weight is 481 g/mol. The van der Waals surface area contributed by atoms with E-state index in [1.807, 2.05) is 0 Å². The molecule has 0 saturated carbocycles. The molecule has 0 fully saturated rings. The molecule has 0 radical (unpaired) electrons. The van der Waals surface area contributed by atoms with Crippen LogP contribution in [0.25, 0.3) is 0 Å². The van der Waals surface area contributed by atoms with Crippen LogP contribution in [0.2, 0.25) is 63.0 Å². The number of hydrogen-bond donors (Lipinski definition) is 2. The Morgan fingerprint density at radius 3 is 1.50 bits per heavy atom. The number of hydrogen-bond acceptors (Lipinski definition) is 5. The van der Waals surface area contributed by atoms with Gasteiger partial charge < -0.3 is 23.8 Å². The fourth-order valence-electron chi connectivity index (χ4n) is 4.16. The Morgan fingerprint density at radius 1 is 0.700 bits per heavy atom. The fraction of sp³-hybridized carbons (Fsp3) is 1.00. The molecule has 0 aromatic rings. The van der Waals surface area contributed by atoms with Crippen LogP contribution in [-0.2, 0) is 13.6 Å². The summed E-state index contributed by atoms with van der Waals surface area (Å²) in [6.45, 7) is 20.0. The van der Waals surface area contributed by atoms with Gasteiger partial charge in [0, 0.05) is 13.2 Å². The summed E-state index contributed by atoms with van der Waals surface area (Å²) < 4.78 is 18.1. The molecule has 2 N–H and O–H groups in total. The molecule has 0 aliphatic heterocycles. The largest absolute Gasteiger partial charge is 0.456 e. The molecule has 0 saturated heterocycles. The topological polar surface area (TPSA) is 68.2 Å². The zero-order chi connectivity index (χ0) is 23.3. The number of aliphatic hydroxyl groups is 2. The standard InChI is InChI=1S/C22H52O5Si3/c1-9-30(10-2,11-3)17-13-15-26-21-22(18-23,19-24)20-25-14-12-16-29(7,8)27-28(4,5)6/h23-24H,9-21H2,1-8H3. The average Bonchev–Trinajstić information content (AvgIpc) is 2.67. The van der Waals surface area contributed by atoms with Gasteiger partial charge in [-0.05, 0) is 51.6 Å². The first-order valence-electron chi connectivity index (χ1n) is 12.0. The van der Waals surface area contributed by atoms with Crippen molar-refractivity contribution in [1.29, 1.82) is 0 Å². The SMILES string of the molecule is CC[Si](CC)(CC)CCCOCC(CO)(CO)COCCC[Si](C)(C)O[Si](C)(C)C. The monoisotopic (exact) mass is 480 g/mol. The van der Waals surface area contributed by atoms with Crippen LogP contribution in [0.1, 0.15) is 33.6 Å². The molecule has 0 bridgehead atoms. The van der Waals surface area contributed by atoms with Crippen molar-refractivity contribution in [2.45, 2.75) is 96.6 Å². The van der Waals surface area contributed by atoms with Crippen LogP contribution < -0.4 is 0 Å². The number of rotatable bonds is 19. The van der Waals surface area contributed by atoms with Gasteiger partial charge in [0.05, 0.1) is 39.9 Å². The van der Waals surface area contributed by atoms with Crippen LogP contribution in [0.3, 0.4) is 0 Å². The van der Waals surface area contributed by atoms with E-state index < -0.39 is 30.1 Å². The van der Waals surface area contributed by atoms with Gasteiger partial charge >= 0.3 is 0 Å². The smallest absolute Gasteiger partial charge is 0.173 e. The van der Waals surface area contributed by atoms with Gasteiger partial charge in [-0.1, -0.05) is 44.9 Å². The third kappa shape index (κ3) is 12.5. The van der Waals surface area contributed by atoms with Crippen molar-refractivity contribution in [2.24, 2.45) is 5.41 Å². The van der Waals surface area contributed by atoms with E-state index in [9.17, 15) is 10.2 Å². The maximum atomic E-state index is 9.87. The van der Waals surface area contributed by atoms with E-state index in [2.05, 4.69) is 53.5 Å². The van der Waals surface area contributed by atoms with E-state index >= 15 is 0 Å². The molecule has 182 valence electrons. The van der Waals surface area contributed by atoms with Gasteiger partial charge in [0.2, 0.25) is 0 Å². The molecule has 0 unspecified atom stereocenters. The maximum Gasteiger partial charge on any atom is 0.173 e. The highest BCUT2D eigenvalue weighted by Crippen LogP contribution is 2.27. The van der Waals surface area contributed by atoms with Crippen LogP contribution in [0.5, 0.6) is 0 Å². The van der Waals surface area contributed by atoms with E-state index in [0.717, 1.165) is 18.9 Å². The lowest BCUT2D eigenvalue weighted by atomic mass is 9.92. The summed E-state index contributed by atoms with van der Waals surface area (Å²) in [6.07, 6.45) is 2.03. The predicted molar refractivity (Wildman–Crippen MR) is 136 cm³/mol. The fourth-order valence-corrected chi connectivity index (χ4v) is 15.7. The van der Waals surface area contributed by atoms with Gasteiger partial charge in [0.1, 0.15) is 0 Å². The normalized spacial score (nSPS) is 13.8. The molecule has 5 nitrogen and oxygen atoms in total. The highest BCUT2D eigenvalue weighted by atomic mass is 28.4. The lowest BCUT2D eigenvalue weighted by molar-refractivity contribution is -0.0767. The summed E-state index contributed by atoms with van der Waals surface area (Å²) >= 11 is 0. The van der Waals surface area contributed by atoms with Crippen LogP contribution >= 0.6 is 0 Å². The minimum Gasteiger partial charge on any atom is -0.456 e. The molecule has 0 heterocycles. The summed E-state index contributed by atoms with van der Waals surface area (Å²) in [6, 6.07) is 6.39. The first-order chi connectivity index (χ1) is 13.9. The van der Waals surface area contributed by atoms with Crippen LogP contribution in [-0.4, -0.2) is 74.6 Å². The number of ether oxygens (including phenoxy) is 2. The quantitative estimate of drug-likeness (QED) is 0.193. The van der Waals surface area contributed by atoms with E-state index in [-0.39, 0.29) is 13.2 Å². The summed E-state index contributed by atoms with van der Waals surface area (Å²) in [5, 5.41) is 19.7. The van der Waals surface area contributed by atoms with E-state index in [1.54, 1.807) is 0 Å². The molecule has 8 heteroatoms. The number of aliphatic hydroxyl groups excluding tert-OH is 2. The van der Waals surface area contributed by atoms with Gasteiger partial charge in [-0.2, -0.15) is 0 Å². The second kappa shape index (κ2) is 14.6. The predicted octanol–water partition coefficient (Wildman–Crippen LogP) is 5.34. The molecule has 0 rings (SSSR count). The molecule has 0 aliphatic rings. The van der Waals surface area contributed by atoms with Crippen molar-refractivity contribution < 1.29 is 23.8 Å². The van der Waals surface area contributed by atoms with Gasteiger partial charge in [-0.25, -0.2) is 0 Å². The molecule has 0 spiro atoms.